The molecule has 0 atom stereocenters. The van der Waals surface area contributed by atoms with E-state index < -0.39 is 0 Å². The highest BCUT2D eigenvalue weighted by molar-refractivity contribution is 14.2. The lowest BCUT2D eigenvalue weighted by Gasteiger charge is -2.32. The van der Waals surface area contributed by atoms with E-state index in [1.54, 1.807) is 0 Å². The van der Waals surface area contributed by atoms with Crippen LogP contribution in [0.4, 0.5) is 0 Å². The molecule has 0 aromatic heterocycles. The molecule has 1 fully saturated rings. The van der Waals surface area contributed by atoms with Gasteiger partial charge in [-0.25, -0.2) is 0 Å². The quantitative estimate of drug-likeness (QED) is 0.543. The molecule has 2 rings (SSSR count). The van der Waals surface area contributed by atoms with Crippen molar-refractivity contribution in [2.24, 2.45) is 5.10 Å². The highest BCUT2D eigenvalue weighted by atomic mass is 127. The smallest absolute Gasteiger partial charge is 0.398 e. The van der Waals surface area contributed by atoms with Crippen LogP contribution in [0.2, 0.25) is 0 Å². The van der Waals surface area contributed by atoms with Gasteiger partial charge in [-0.1, -0.05) is 20.7 Å². The summed E-state index contributed by atoms with van der Waals surface area (Å²) in [6, 6.07) is 0. The minimum atomic E-state index is -0.252. The average Bonchev–Trinajstić information content (AvgIpc) is 2.55. The minimum Gasteiger partial charge on any atom is -0.398 e. The van der Waals surface area contributed by atoms with Crippen LogP contribution < -0.4 is 0 Å². The number of rotatable bonds is 1. The van der Waals surface area contributed by atoms with Crippen molar-refractivity contribution >= 4 is 35.6 Å². The highest BCUT2D eigenvalue weighted by Gasteiger charge is 2.53. The monoisotopic (exact) mass is 322 g/mol. The van der Waals surface area contributed by atoms with E-state index in [1.165, 1.54) is 3.53 Å². The van der Waals surface area contributed by atoms with Crippen molar-refractivity contribution in [3.8, 4) is 0 Å². The largest absolute Gasteiger partial charge is 0.520 e. The zero-order valence-electron chi connectivity index (χ0n) is 9.74. The van der Waals surface area contributed by atoms with E-state index in [0.29, 0.717) is 0 Å². The third kappa shape index (κ3) is 1.87. The number of nitrogens with zero attached hydrogens (tertiary/aromatic N) is 2. The van der Waals surface area contributed by atoms with E-state index in [9.17, 15) is 0 Å². The minimum absolute atomic E-state index is 0.160. The van der Waals surface area contributed by atoms with Gasteiger partial charge in [0, 0.05) is 7.05 Å². The lowest BCUT2D eigenvalue weighted by molar-refractivity contribution is 0.00578. The van der Waals surface area contributed by atoms with Gasteiger partial charge >= 0.3 is 7.12 Å². The van der Waals surface area contributed by atoms with Gasteiger partial charge in [0.1, 0.15) is 3.53 Å². The molecule has 0 bridgehead atoms. The zero-order valence-corrected chi connectivity index (χ0v) is 11.9. The second kappa shape index (κ2) is 3.53. The number of hydrazone groups is 1. The van der Waals surface area contributed by atoms with Gasteiger partial charge in [0.05, 0.1) is 15.4 Å². The summed E-state index contributed by atoms with van der Waals surface area (Å²) in [6.45, 7) is 8.28. The van der Waals surface area contributed by atoms with Gasteiger partial charge in [-0.3, -0.25) is 5.01 Å². The summed E-state index contributed by atoms with van der Waals surface area (Å²) in [4.78, 5) is 0. The van der Waals surface area contributed by atoms with Gasteiger partial charge in [-0.15, -0.1) is 0 Å². The van der Waals surface area contributed by atoms with Crippen molar-refractivity contribution in [3.05, 3.63) is 0 Å². The van der Waals surface area contributed by atoms with E-state index in [2.05, 4.69) is 32.8 Å². The SMILES string of the molecule is CN1N=CI=C1B1OC(C)(C)C(C)(C)O1. The van der Waals surface area contributed by atoms with Gasteiger partial charge in [-0.05, 0) is 27.7 Å². The van der Waals surface area contributed by atoms with Gasteiger partial charge in [0.15, 0.2) is 0 Å². The Labute approximate surface area is 101 Å². The van der Waals surface area contributed by atoms with Crippen LogP contribution in [0.1, 0.15) is 27.7 Å². The Morgan fingerprint density at radius 2 is 1.80 bits per heavy atom. The first-order chi connectivity index (χ1) is 6.83. The van der Waals surface area contributed by atoms with Crippen molar-refractivity contribution in [3.63, 3.8) is 0 Å². The molecule has 0 saturated carbocycles. The summed E-state index contributed by atoms with van der Waals surface area (Å²) in [5, 5.41) is 6.10. The molecule has 0 spiro atoms. The van der Waals surface area contributed by atoms with Crippen LogP contribution in [0, 0.1) is 0 Å². The van der Waals surface area contributed by atoms with Gasteiger partial charge < -0.3 is 9.31 Å². The summed E-state index contributed by atoms with van der Waals surface area (Å²) in [5.41, 5.74) is -0.504. The lowest BCUT2D eigenvalue weighted by Crippen LogP contribution is -2.41. The van der Waals surface area contributed by atoms with Gasteiger partial charge in [0.2, 0.25) is 0 Å². The molecule has 0 radical (unpaired) electrons. The average molecular weight is 322 g/mol. The molecule has 15 heavy (non-hydrogen) atoms. The molecule has 1 saturated heterocycles. The molecule has 84 valence electrons. The first-order valence-corrected chi connectivity index (χ1v) is 7.28. The van der Waals surface area contributed by atoms with Crippen LogP contribution >= 0.6 is 20.7 Å². The Kier molecular flexibility index (Phi) is 2.71. The molecule has 6 heteroatoms. The first-order valence-electron chi connectivity index (χ1n) is 4.95. The van der Waals surface area contributed by atoms with Crippen molar-refractivity contribution < 1.29 is 9.31 Å². The molecule has 2 aliphatic heterocycles. The van der Waals surface area contributed by atoms with Gasteiger partial charge in [-0.2, -0.15) is 5.10 Å². The third-order valence-corrected chi connectivity index (χ3v) is 5.51. The van der Waals surface area contributed by atoms with E-state index in [-0.39, 0.29) is 39.1 Å². The van der Waals surface area contributed by atoms with E-state index in [0.717, 1.165) is 0 Å². The van der Waals surface area contributed by atoms with Crippen LogP contribution in [0.25, 0.3) is 0 Å². The summed E-state index contributed by atoms with van der Waals surface area (Å²) in [5.74, 6) is 0. The Morgan fingerprint density at radius 1 is 1.27 bits per heavy atom. The molecule has 0 aliphatic carbocycles. The molecule has 0 aromatic rings. The maximum atomic E-state index is 5.96. The van der Waals surface area contributed by atoms with Crippen molar-refractivity contribution in [1.82, 2.24) is 5.01 Å². The summed E-state index contributed by atoms with van der Waals surface area (Å²) >= 11 is -0.160. The molecule has 0 amide bonds. The second-order valence-corrected chi connectivity index (χ2v) is 7.04. The maximum absolute atomic E-state index is 5.96. The normalized spacial score (nSPS) is 27.9. The zero-order chi connectivity index (χ0) is 11.3. The summed E-state index contributed by atoms with van der Waals surface area (Å²) in [6.07, 6.45) is 0. The topological polar surface area (TPSA) is 34.1 Å². The standard InChI is InChI=1S/C9H16BIN2O2/c1-8(2)9(3,4)15-10(14-8)7-11-6-12-13(7)5/h6H,1-5H3. The summed E-state index contributed by atoms with van der Waals surface area (Å²) < 4.78 is 15.1. The fourth-order valence-corrected chi connectivity index (χ4v) is 3.27. The van der Waals surface area contributed by atoms with Crippen LogP contribution in [0.3, 0.4) is 0 Å². The summed E-state index contributed by atoms with van der Waals surface area (Å²) in [7, 11) is 1.74. The van der Waals surface area contributed by atoms with Crippen LogP contribution in [-0.4, -0.2) is 38.1 Å². The number of hydrogen-bond acceptors (Lipinski definition) is 4. The first kappa shape index (κ1) is 11.5. The predicted molar refractivity (Wildman–Crippen MR) is 71.4 cm³/mol. The van der Waals surface area contributed by atoms with Crippen LogP contribution in [0.15, 0.2) is 5.10 Å². The Balaban J connectivity index is 2.17. The molecule has 4 nitrogen and oxygen atoms in total. The number of hydrogen-bond donors (Lipinski definition) is 0. The Bertz CT molecular complexity index is 325. The molecule has 2 heterocycles. The van der Waals surface area contributed by atoms with E-state index in [1.807, 2.05) is 16.3 Å². The third-order valence-electron chi connectivity index (χ3n) is 3.13. The fraction of sp³-hybridized carbons (Fsp3) is 0.778. The lowest BCUT2D eigenvalue weighted by atomic mass is 9.90. The Hall–Kier alpha value is 0.0549. The fourth-order valence-electron chi connectivity index (χ4n) is 1.41. The predicted octanol–water partition coefficient (Wildman–Crippen LogP) is 1.61. The highest BCUT2D eigenvalue weighted by Crippen LogP contribution is 2.38. The molecule has 0 aromatic carbocycles. The molecular formula is C9H16BIN2O2. The maximum Gasteiger partial charge on any atom is 0.520 e. The van der Waals surface area contributed by atoms with Crippen molar-refractivity contribution in [1.29, 1.82) is 0 Å². The Morgan fingerprint density at radius 3 is 2.20 bits per heavy atom. The number of halogens is 1. The molecule has 0 unspecified atom stereocenters. The van der Waals surface area contributed by atoms with Crippen molar-refractivity contribution in [2.45, 2.75) is 38.9 Å². The van der Waals surface area contributed by atoms with Crippen molar-refractivity contribution in [2.75, 3.05) is 7.05 Å². The van der Waals surface area contributed by atoms with Gasteiger partial charge in [0.25, 0.3) is 0 Å². The molecular weight excluding hydrogens is 306 g/mol. The van der Waals surface area contributed by atoms with E-state index >= 15 is 0 Å². The van der Waals surface area contributed by atoms with E-state index in [4.69, 9.17) is 9.31 Å². The molecule has 0 N–H and O–H groups in total. The van der Waals surface area contributed by atoms with Crippen LogP contribution in [0.5, 0.6) is 0 Å². The molecule has 2 aliphatic rings. The second-order valence-electron chi connectivity index (χ2n) is 4.76. The van der Waals surface area contributed by atoms with Crippen LogP contribution in [-0.2, 0) is 9.31 Å².